The highest BCUT2D eigenvalue weighted by molar-refractivity contribution is 6.38. The van der Waals surface area contributed by atoms with Crippen molar-refractivity contribution in [1.29, 1.82) is 5.26 Å². The number of amides is 1. The van der Waals surface area contributed by atoms with Crippen LogP contribution in [0.1, 0.15) is 26.3 Å². The number of carbonyl (C=O) groups excluding carboxylic acids is 1. The van der Waals surface area contributed by atoms with Crippen molar-refractivity contribution in [1.82, 2.24) is 19.8 Å². The van der Waals surface area contributed by atoms with Crippen molar-refractivity contribution < 1.29 is 18.0 Å². The average molecular weight is 659 g/mol. The molecule has 0 unspecified atom stereocenters. The number of nitrogens with zero attached hydrogens (tertiary/aromatic N) is 5. The minimum Gasteiger partial charge on any atom is -0.395 e. The highest BCUT2D eigenvalue weighted by Crippen LogP contribution is 2.43. The third-order valence-corrected chi connectivity index (χ3v) is 8.70. The highest BCUT2D eigenvalue weighted by atomic mass is 35.5. The predicted molar refractivity (Wildman–Crippen MR) is 169 cm³/mol. The zero-order valence-electron chi connectivity index (χ0n) is 24.5. The fourth-order valence-corrected chi connectivity index (χ4v) is 6.25. The van der Waals surface area contributed by atoms with Gasteiger partial charge in [-0.15, -0.1) is 0 Å². The molecule has 2 aliphatic rings. The Bertz CT molecular complexity index is 1910. The van der Waals surface area contributed by atoms with Crippen molar-refractivity contribution in [3.05, 3.63) is 80.0 Å². The summed E-state index contributed by atoms with van der Waals surface area (Å²) in [6, 6.07) is 3.02. The lowest BCUT2D eigenvalue weighted by Gasteiger charge is -2.37. The van der Waals surface area contributed by atoms with Crippen LogP contribution in [0.4, 0.5) is 24.5 Å². The summed E-state index contributed by atoms with van der Waals surface area (Å²) in [6.45, 7) is 10.3. The fraction of sp³-hybridized carbons (Fsp3) is 0.290. The van der Waals surface area contributed by atoms with Crippen molar-refractivity contribution in [3.8, 4) is 17.3 Å². The van der Waals surface area contributed by atoms with E-state index < -0.39 is 45.3 Å². The minimum absolute atomic E-state index is 0.0335. The molecule has 1 fully saturated rings. The third-order valence-electron chi connectivity index (χ3n) is 8.02. The Hall–Kier alpha value is -4.47. The second-order valence-corrected chi connectivity index (χ2v) is 11.8. The maximum absolute atomic E-state index is 15.3. The van der Waals surface area contributed by atoms with Crippen LogP contribution in [0.3, 0.4) is 0 Å². The van der Waals surface area contributed by atoms with Crippen molar-refractivity contribution >= 4 is 57.2 Å². The van der Waals surface area contributed by atoms with Gasteiger partial charge in [-0.05, 0) is 42.8 Å². The first-order valence-corrected chi connectivity index (χ1v) is 14.7. The highest BCUT2D eigenvalue weighted by Gasteiger charge is 2.33. The van der Waals surface area contributed by atoms with Crippen LogP contribution in [-0.4, -0.2) is 52.6 Å². The molecule has 5 rings (SSSR count). The Balaban J connectivity index is 1.90. The van der Waals surface area contributed by atoms with Gasteiger partial charge in [0.2, 0.25) is 5.91 Å². The van der Waals surface area contributed by atoms with Crippen molar-refractivity contribution in [2.75, 3.05) is 36.8 Å². The number of halogens is 5. The summed E-state index contributed by atoms with van der Waals surface area (Å²) in [5.41, 5.74) is 4.18. The molecule has 9 nitrogen and oxygen atoms in total. The van der Waals surface area contributed by atoms with Gasteiger partial charge in [0.1, 0.15) is 17.3 Å². The molecule has 1 amide bonds. The molecule has 0 aliphatic carbocycles. The van der Waals surface area contributed by atoms with Crippen molar-refractivity contribution in [2.45, 2.75) is 26.8 Å². The molecule has 1 atom stereocenters. The van der Waals surface area contributed by atoms with Crippen LogP contribution in [0, 0.1) is 34.7 Å². The van der Waals surface area contributed by atoms with Crippen LogP contribution >= 0.6 is 23.2 Å². The number of rotatable bonds is 5. The van der Waals surface area contributed by atoms with Crippen molar-refractivity contribution in [3.63, 3.8) is 0 Å². The van der Waals surface area contributed by atoms with Gasteiger partial charge < -0.3 is 20.9 Å². The third kappa shape index (κ3) is 5.19. The summed E-state index contributed by atoms with van der Waals surface area (Å²) < 4.78 is 45.4. The number of nitriles is 1. The van der Waals surface area contributed by atoms with E-state index in [4.69, 9.17) is 28.9 Å². The molecule has 1 saturated heterocycles. The SMILES string of the molecule is C=CC(=O)N1CCN(c2c(C#N)c(=O)n(C3=C(C)C=CN[C@@H]3C(C)C)c3nc(-c4c(F)c(F)c(F)c(N)c4Cl)c(Cl)cc23)CC1. The molecule has 0 spiro atoms. The number of allylic oxidation sites excluding steroid dienone is 2. The lowest BCUT2D eigenvalue weighted by atomic mass is 9.94. The topological polar surface area (TPSA) is 120 Å². The van der Waals surface area contributed by atoms with E-state index in [1.54, 1.807) is 29.0 Å². The zero-order chi connectivity index (χ0) is 32.9. The number of aromatic nitrogens is 2. The van der Waals surface area contributed by atoms with E-state index in [9.17, 15) is 23.6 Å². The number of hydrogen-bond donors (Lipinski definition) is 2. The van der Waals surface area contributed by atoms with Gasteiger partial charge in [0.15, 0.2) is 17.5 Å². The minimum atomic E-state index is -1.87. The summed E-state index contributed by atoms with van der Waals surface area (Å²) in [5.74, 6) is -5.49. The van der Waals surface area contributed by atoms with Gasteiger partial charge in [0, 0.05) is 31.6 Å². The van der Waals surface area contributed by atoms with Crippen molar-refractivity contribution in [2.24, 2.45) is 5.92 Å². The molecule has 45 heavy (non-hydrogen) atoms. The maximum atomic E-state index is 15.3. The molecule has 0 radical (unpaired) electrons. The molecule has 3 N–H and O–H groups in total. The zero-order valence-corrected chi connectivity index (χ0v) is 26.0. The van der Waals surface area contributed by atoms with Gasteiger partial charge >= 0.3 is 0 Å². The molecular weight excluding hydrogens is 630 g/mol. The van der Waals surface area contributed by atoms with Crippen LogP contribution in [0.5, 0.6) is 0 Å². The van der Waals surface area contributed by atoms with Gasteiger partial charge in [-0.1, -0.05) is 43.6 Å². The molecule has 2 aromatic heterocycles. The van der Waals surface area contributed by atoms with Crippen LogP contribution in [-0.2, 0) is 4.79 Å². The number of benzene rings is 1. The normalized spacial score (nSPS) is 16.8. The number of carbonyl (C=O) groups is 1. The number of dihydropyridines is 1. The number of anilines is 2. The fourth-order valence-electron chi connectivity index (χ4n) is 5.75. The molecule has 0 saturated carbocycles. The molecule has 4 heterocycles. The number of pyridine rings is 2. The summed E-state index contributed by atoms with van der Waals surface area (Å²) in [4.78, 5) is 34.5. The molecule has 14 heteroatoms. The van der Waals surface area contributed by atoms with Gasteiger partial charge in [0.25, 0.3) is 5.56 Å². The molecular formula is C31H28Cl2F3N7O2. The lowest BCUT2D eigenvalue weighted by Crippen LogP contribution is -2.49. The van der Waals surface area contributed by atoms with Gasteiger partial charge in [-0.3, -0.25) is 14.2 Å². The molecule has 3 aromatic rings. The lowest BCUT2D eigenvalue weighted by molar-refractivity contribution is -0.126. The Morgan fingerprint density at radius 3 is 2.47 bits per heavy atom. The molecule has 1 aromatic carbocycles. The van der Waals surface area contributed by atoms with E-state index in [2.05, 4.69) is 16.9 Å². The second kappa shape index (κ2) is 12.1. The summed E-state index contributed by atoms with van der Waals surface area (Å²) in [7, 11) is 0. The number of piperazine rings is 1. The van der Waals surface area contributed by atoms with Gasteiger partial charge in [0.05, 0.1) is 44.4 Å². The van der Waals surface area contributed by atoms with Crippen LogP contribution in [0.25, 0.3) is 28.0 Å². The van der Waals surface area contributed by atoms with E-state index in [0.717, 1.165) is 0 Å². The number of hydrogen-bond acceptors (Lipinski definition) is 7. The standard InChI is InChI=1S/C31H28Cl2F3N7O2/c1-5-19(44)41-8-10-42(11-9-41)29-16-12-18(32)27(20-21(33)25(38)24(36)23(35)22(20)34)40-30(16)43(31(45)17(29)13-37)28-15(4)6-7-39-26(28)14(2)3/h5-7,12,14,26,39H,1,8-11,38H2,2-4H3/t26-/m1/s1. The first-order chi connectivity index (χ1) is 21.3. The number of nitrogens with one attached hydrogen (secondary N) is 1. The smallest absolute Gasteiger partial charge is 0.276 e. The van der Waals surface area contributed by atoms with E-state index >= 15 is 4.39 Å². The average Bonchev–Trinajstić information content (AvgIpc) is 3.02. The number of fused-ring (bicyclic) bond motifs is 1. The number of nitrogen functional groups attached to an aromatic ring is 1. The van der Waals surface area contributed by atoms with Crippen LogP contribution in [0.15, 0.2) is 41.4 Å². The van der Waals surface area contributed by atoms with E-state index in [-0.39, 0.29) is 71.0 Å². The van der Waals surface area contributed by atoms with E-state index in [1.165, 1.54) is 16.7 Å². The van der Waals surface area contributed by atoms with Crippen LogP contribution in [0.2, 0.25) is 10.0 Å². The van der Waals surface area contributed by atoms with Gasteiger partial charge in [-0.2, -0.15) is 5.26 Å². The van der Waals surface area contributed by atoms with E-state index in [1.807, 2.05) is 19.9 Å². The summed E-state index contributed by atoms with van der Waals surface area (Å²) in [5, 5.41) is 13.0. The molecule has 2 aliphatic heterocycles. The second-order valence-electron chi connectivity index (χ2n) is 11.0. The summed E-state index contributed by atoms with van der Waals surface area (Å²) >= 11 is 12.9. The predicted octanol–water partition coefficient (Wildman–Crippen LogP) is 5.45. The molecule has 0 bridgehead atoms. The summed E-state index contributed by atoms with van der Waals surface area (Å²) in [6.07, 6.45) is 4.71. The molecule has 234 valence electrons. The number of nitrogens with two attached hydrogens (primary N) is 1. The maximum Gasteiger partial charge on any atom is 0.276 e. The van der Waals surface area contributed by atoms with Crippen LogP contribution < -0.4 is 21.5 Å². The Labute approximate surface area is 266 Å². The Kier molecular flexibility index (Phi) is 8.62. The largest absolute Gasteiger partial charge is 0.395 e. The Morgan fingerprint density at radius 1 is 1.20 bits per heavy atom. The van der Waals surface area contributed by atoms with Gasteiger partial charge in [-0.25, -0.2) is 18.2 Å². The first-order valence-electron chi connectivity index (χ1n) is 13.9. The first kappa shape index (κ1) is 31.9. The quantitative estimate of drug-likeness (QED) is 0.162. The Morgan fingerprint density at radius 2 is 1.87 bits per heavy atom. The monoisotopic (exact) mass is 657 g/mol. The van der Waals surface area contributed by atoms with E-state index in [0.29, 0.717) is 11.3 Å².